The number of halogens is 2. The minimum atomic E-state index is -1.12. The number of rotatable bonds is 6. The summed E-state index contributed by atoms with van der Waals surface area (Å²) in [4.78, 5) is 24.9. The number of carboxylic acids is 1. The molecule has 1 N–H and O–H groups in total. The van der Waals surface area contributed by atoms with Crippen LogP contribution in [0.2, 0.25) is 0 Å². The average molecular weight is 498 g/mol. The van der Waals surface area contributed by atoms with Gasteiger partial charge < -0.3 is 14.4 Å². The van der Waals surface area contributed by atoms with E-state index in [0.717, 1.165) is 17.8 Å². The van der Waals surface area contributed by atoms with Crippen LogP contribution in [0.4, 0.5) is 8.78 Å². The van der Waals surface area contributed by atoms with Gasteiger partial charge in [0.05, 0.1) is 17.2 Å². The van der Waals surface area contributed by atoms with E-state index < -0.39 is 29.1 Å². The SMILES string of the molecule is CO[C@H](Cc1c(C(C)C)n(-c2ccc(F)c(F)c2)c2cc3cnn(C(=O)C(C)(C)C)c3cc12)C(=O)O. The van der Waals surface area contributed by atoms with Crippen LogP contribution >= 0.6 is 0 Å². The van der Waals surface area contributed by atoms with Gasteiger partial charge in [0.1, 0.15) is 0 Å². The lowest BCUT2D eigenvalue weighted by molar-refractivity contribution is -0.148. The average Bonchev–Trinajstić information content (AvgIpc) is 3.35. The summed E-state index contributed by atoms with van der Waals surface area (Å²) in [6.45, 7) is 9.31. The van der Waals surface area contributed by atoms with Crippen molar-refractivity contribution in [3.63, 3.8) is 0 Å². The highest BCUT2D eigenvalue weighted by Crippen LogP contribution is 2.38. The predicted octanol–water partition coefficient (Wildman–Crippen LogP) is 5.71. The number of carbonyl (C=O) groups excluding carboxylic acids is 1. The van der Waals surface area contributed by atoms with Crippen LogP contribution < -0.4 is 0 Å². The summed E-state index contributed by atoms with van der Waals surface area (Å²) >= 11 is 0. The van der Waals surface area contributed by atoms with Gasteiger partial charge in [-0.1, -0.05) is 34.6 Å². The molecule has 0 aliphatic rings. The van der Waals surface area contributed by atoms with E-state index in [4.69, 9.17) is 4.74 Å². The summed E-state index contributed by atoms with van der Waals surface area (Å²) in [6, 6.07) is 7.31. The second-order valence-electron chi connectivity index (χ2n) is 10.3. The zero-order chi connectivity index (χ0) is 26.5. The molecule has 7 nitrogen and oxygen atoms in total. The number of benzene rings is 2. The van der Waals surface area contributed by atoms with Gasteiger partial charge in [-0.3, -0.25) is 4.79 Å². The Morgan fingerprint density at radius 2 is 1.78 bits per heavy atom. The molecular formula is C27H29F2N3O4. The van der Waals surface area contributed by atoms with Crippen molar-refractivity contribution in [2.45, 2.75) is 53.1 Å². The molecule has 36 heavy (non-hydrogen) atoms. The van der Waals surface area contributed by atoms with Crippen molar-refractivity contribution >= 4 is 33.7 Å². The van der Waals surface area contributed by atoms with Crippen molar-refractivity contribution in [3.05, 3.63) is 59.4 Å². The molecule has 0 fully saturated rings. The molecule has 4 aromatic rings. The zero-order valence-electron chi connectivity index (χ0n) is 21.1. The molecule has 0 spiro atoms. The molecule has 4 rings (SSSR count). The molecule has 2 aromatic carbocycles. The van der Waals surface area contributed by atoms with Crippen LogP contribution in [0.5, 0.6) is 0 Å². The lowest BCUT2D eigenvalue weighted by Crippen LogP contribution is -2.27. The molecule has 0 amide bonds. The fraction of sp³-hybridized carbons (Fsp3) is 0.370. The number of carbonyl (C=O) groups is 2. The number of methoxy groups -OCH3 is 1. The van der Waals surface area contributed by atoms with Gasteiger partial charge >= 0.3 is 5.97 Å². The number of ether oxygens (including phenoxy) is 1. The maximum atomic E-state index is 14.3. The summed E-state index contributed by atoms with van der Waals surface area (Å²) in [5.41, 5.74) is 2.39. The number of nitrogens with zero attached hydrogens (tertiary/aromatic N) is 3. The fourth-order valence-electron chi connectivity index (χ4n) is 4.55. The molecule has 0 bridgehead atoms. The first-order valence-electron chi connectivity index (χ1n) is 11.7. The molecule has 2 heterocycles. The first-order valence-corrected chi connectivity index (χ1v) is 11.7. The molecular weight excluding hydrogens is 468 g/mol. The number of carboxylic acid groups (broad SMARTS) is 1. The maximum Gasteiger partial charge on any atom is 0.333 e. The van der Waals surface area contributed by atoms with E-state index in [9.17, 15) is 23.5 Å². The Labute approximate surface area is 207 Å². The molecule has 0 unspecified atom stereocenters. The van der Waals surface area contributed by atoms with Crippen LogP contribution in [0.1, 0.15) is 56.6 Å². The Balaban J connectivity index is 2.11. The zero-order valence-corrected chi connectivity index (χ0v) is 21.1. The van der Waals surface area contributed by atoms with Crippen molar-refractivity contribution in [1.29, 1.82) is 0 Å². The predicted molar refractivity (Wildman–Crippen MR) is 133 cm³/mol. The highest BCUT2D eigenvalue weighted by Gasteiger charge is 2.29. The van der Waals surface area contributed by atoms with Crippen LogP contribution in [-0.2, 0) is 16.0 Å². The van der Waals surface area contributed by atoms with Crippen LogP contribution in [0.3, 0.4) is 0 Å². The number of aliphatic carboxylic acids is 1. The van der Waals surface area contributed by atoms with Crippen molar-refractivity contribution < 1.29 is 28.2 Å². The van der Waals surface area contributed by atoms with Crippen LogP contribution in [0, 0.1) is 17.0 Å². The number of aromatic nitrogens is 3. The highest BCUT2D eigenvalue weighted by atomic mass is 19.2. The second-order valence-corrected chi connectivity index (χ2v) is 10.3. The van der Waals surface area contributed by atoms with E-state index in [2.05, 4.69) is 5.10 Å². The maximum absolute atomic E-state index is 14.3. The van der Waals surface area contributed by atoms with Gasteiger partial charge in [0.15, 0.2) is 17.7 Å². The van der Waals surface area contributed by atoms with Gasteiger partial charge in [-0.25, -0.2) is 13.6 Å². The smallest absolute Gasteiger partial charge is 0.333 e. The standard InChI is InChI=1S/C27H29F2N3O4/c1-14(2)24-18(12-23(36-6)25(33)34)17-11-21-15(13-30-32(21)26(35)27(3,4)5)9-22(17)31(24)16-7-8-19(28)20(29)10-16/h7-11,13-14,23H,12H2,1-6H3,(H,33,34)/t23-/m1/s1. The number of fused-ring (bicyclic) bond motifs is 2. The van der Waals surface area contributed by atoms with E-state index in [1.807, 2.05) is 30.5 Å². The van der Waals surface area contributed by atoms with Gasteiger partial charge in [-0.2, -0.15) is 9.78 Å². The molecule has 0 saturated heterocycles. The van der Waals surface area contributed by atoms with Crippen LogP contribution in [-0.4, -0.2) is 44.5 Å². The monoisotopic (exact) mass is 497 g/mol. The Hall–Kier alpha value is -3.59. The quantitative estimate of drug-likeness (QED) is 0.369. The third kappa shape index (κ3) is 4.28. The van der Waals surface area contributed by atoms with Crippen LogP contribution in [0.15, 0.2) is 36.5 Å². The lowest BCUT2D eigenvalue weighted by Gasteiger charge is -2.17. The van der Waals surface area contributed by atoms with Crippen molar-refractivity contribution in [1.82, 2.24) is 14.3 Å². The van der Waals surface area contributed by atoms with E-state index in [1.165, 1.54) is 17.9 Å². The first kappa shape index (κ1) is 25.5. The van der Waals surface area contributed by atoms with Crippen LogP contribution in [0.25, 0.3) is 27.5 Å². The minimum absolute atomic E-state index is 0.0411. The molecule has 0 aliphatic heterocycles. The van der Waals surface area contributed by atoms with Gasteiger partial charge in [-0.05, 0) is 35.7 Å². The summed E-state index contributed by atoms with van der Waals surface area (Å²) in [7, 11) is 1.33. The topological polar surface area (TPSA) is 86.4 Å². The summed E-state index contributed by atoms with van der Waals surface area (Å²) in [5, 5.41) is 15.4. The largest absolute Gasteiger partial charge is 0.479 e. The molecule has 0 aliphatic carbocycles. The van der Waals surface area contributed by atoms with Crippen molar-refractivity contribution in [3.8, 4) is 5.69 Å². The fourth-order valence-corrected chi connectivity index (χ4v) is 4.55. The minimum Gasteiger partial charge on any atom is -0.479 e. The molecule has 1 atom stereocenters. The Bertz CT molecular complexity index is 1490. The van der Waals surface area contributed by atoms with E-state index in [0.29, 0.717) is 33.1 Å². The summed E-state index contributed by atoms with van der Waals surface area (Å²) in [5.74, 6) is -3.37. The van der Waals surface area contributed by atoms with E-state index in [-0.39, 0.29) is 18.2 Å². The number of hydrogen-bond donors (Lipinski definition) is 1. The lowest BCUT2D eigenvalue weighted by atomic mass is 9.95. The summed E-state index contributed by atoms with van der Waals surface area (Å²) < 4.78 is 36.5. The molecule has 0 saturated carbocycles. The third-order valence-corrected chi connectivity index (χ3v) is 6.29. The summed E-state index contributed by atoms with van der Waals surface area (Å²) in [6.07, 6.45) is 0.507. The normalized spacial score (nSPS) is 13.1. The highest BCUT2D eigenvalue weighted by molar-refractivity contribution is 6.02. The van der Waals surface area contributed by atoms with E-state index in [1.54, 1.807) is 27.0 Å². The Kier molecular flexibility index (Phi) is 6.47. The first-order chi connectivity index (χ1) is 16.8. The van der Waals surface area contributed by atoms with Gasteiger partial charge in [0, 0.05) is 47.2 Å². The van der Waals surface area contributed by atoms with Crippen molar-refractivity contribution in [2.75, 3.05) is 7.11 Å². The molecule has 0 radical (unpaired) electrons. The Morgan fingerprint density at radius 3 is 2.33 bits per heavy atom. The van der Waals surface area contributed by atoms with Gasteiger partial charge in [0.2, 0.25) is 0 Å². The molecule has 2 aromatic heterocycles. The van der Waals surface area contributed by atoms with Gasteiger partial charge in [0.25, 0.3) is 5.91 Å². The third-order valence-electron chi connectivity index (χ3n) is 6.29. The van der Waals surface area contributed by atoms with Crippen molar-refractivity contribution in [2.24, 2.45) is 5.41 Å². The molecule has 190 valence electrons. The van der Waals surface area contributed by atoms with E-state index >= 15 is 0 Å². The van der Waals surface area contributed by atoms with Gasteiger partial charge in [-0.15, -0.1) is 0 Å². The Morgan fingerprint density at radius 1 is 1.08 bits per heavy atom. The second kappa shape index (κ2) is 9.13. The number of hydrogen-bond acceptors (Lipinski definition) is 4. The molecule has 9 heteroatoms.